The molecule has 1 aromatic carbocycles. The molecule has 32 heavy (non-hydrogen) atoms. The maximum absolute atomic E-state index is 12.9. The van der Waals surface area contributed by atoms with E-state index in [0.717, 1.165) is 32.4 Å². The normalized spacial score (nSPS) is 14.0. The zero-order valence-electron chi connectivity index (χ0n) is 18.2. The van der Waals surface area contributed by atoms with Crippen molar-refractivity contribution in [2.24, 2.45) is 0 Å². The summed E-state index contributed by atoms with van der Waals surface area (Å²) < 4.78 is 7.01. The molecule has 9 heteroatoms. The quantitative estimate of drug-likeness (QED) is 0.435. The second-order valence-corrected chi connectivity index (χ2v) is 7.91. The smallest absolute Gasteiger partial charge is 0.272 e. The van der Waals surface area contributed by atoms with Gasteiger partial charge in [-0.2, -0.15) is 0 Å². The number of imidazole rings is 1. The number of likely N-dealkylation sites (tertiary alicyclic amines) is 1. The number of anilines is 2. The van der Waals surface area contributed by atoms with Crippen LogP contribution in [0.4, 0.5) is 11.6 Å². The highest BCUT2D eigenvalue weighted by molar-refractivity contribution is 6.04. The summed E-state index contributed by atoms with van der Waals surface area (Å²) in [5, 5.41) is 2.86. The number of carbonyl (C=O) groups is 2. The van der Waals surface area contributed by atoms with E-state index < -0.39 is 0 Å². The molecule has 0 aliphatic carbocycles. The molecule has 168 valence electrons. The Morgan fingerprint density at radius 2 is 1.94 bits per heavy atom. The zero-order chi connectivity index (χ0) is 22.5. The molecule has 0 bridgehead atoms. The molecule has 0 saturated carbocycles. The van der Waals surface area contributed by atoms with Gasteiger partial charge in [-0.25, -0.2) is 9.97 Å². The number of nitrogens with zero attached hydrogens (tertiary/aromatic N) is 4. The van der Waals surface area contributed by atoms with E-state index in [9.17, 15) is 9.59 Å². The summed E-state index contributed by atoms with van der Waals surface area (Å²) >= 11 is 0. The Morgan fingerprint density at radius 3 is 2.69 bits per heavy atom. The highest BCUT2D eigenvalue weighted by Crippen LogP contribution is 2.21. The molecule has 0 atom stereocenters. The molecule has 3 heterocycles. The average Bonchev–Trinajstić information content (AvgIpc) is 3.15. The number of aryl methyl sites for hydroxylation is 1. The van der Waals surface area contributed by atoms with Crippen molar-refractivity contribution in [1.29, 1.82) is 0 Å². The van der Waals surface area contributed by atoms with Gasteiger partial charge in [0, 0.05) is 44.6 Å². The third-order valence-corrected chi connectivity index (χ3v) is 5.56. The lowest BCUT2D eigenvalue weighted by Crippen LogP contribution is -2.36. The van der Waals surface area contributed by atoms with Gasteiger partial charge in [0.1, 0.15) is 11.2 Å². The molecule has 3 aromatic rings. The number of nitrogens with one attached hydrogen (secondary N) is 1. The number of pyridine rings is 1. The van der Waals surface area contributed by atoms with Crippen LogP contribution in [0.2, 0.25) is 0 Å². The van der Waals surface area contributed by atoms with Gasteiger partial charge in [-0.15, -0.1) is 0 Å². The van der Waals surface area contributed by atoms with Crippen LogP contribution in [0.1, 0.15) is 46.5 Å². The topological polar surface area (TPSA) is 115 Å². The van der Waals surface area contributed by atoms with Crippen molar-refractivity contribution in [2.75, 3.05) is 37.9 Å². The number of benzene rings is 1. The second kappa shape index (κ2) is 9.78. The average molecular weight is 437 g/mol. The van der Waals surface area contributed by atoms with Gasteiger partial charge in [0.05, 0.1) is 0 Å². The van der Waals surface area contributed by atoms with Gasteiger partial charge in [-0.05, 0) is 56.0 Å². The molecule has 2 aromatic heterocycles. The maximum Gasteiger partial charge on any atom is 0.272 e. The Morgan fingerprint density at radius 1 is 1.12 bits per heavy atom. The molecule has 4 rings (SSSR count). The highest BCUT2D eigenvalue weighted by Gasteiger charge is 2.22. The molecule has 1 aliphatic heterocycles. The third-order valence-electron chi connectivity index (χ3n) is 5.56. The van der Waals surface area contributed by atoms with Crippen molar-refractivity contribution in [3.05, 3.63) is 47.7 Å². The first-order chi connectivity index (χ1) is 15.6. The van der Waals surface area contributed by atoms with Crippen molar-refractivity contribution in [3.63, 3.8) is 0 Å². The van der Waals surface area contributed by atoms with Crippen molar-refractivity contribution >= 4 is 34.6 Å². The van der Waals surface area contributed by atoms with Gasteiger partial charge in [0.25, 0.3) is 11.8 Å². The van der Waals surface area contributed by atoms with Crippen molar-refractivity contribution in [1.82, 2.24) is 19.4 Å². The molecular formula is C23H28N6O3. The largest absolute Gasteiger partial charge is 0.399 e. The Labute approximate surface area is 186 Å². The van der Waals surface area contributed by atoms with Crippen molar-refractivity contribution in [3.8, 4) is 0 Å². The first-order valence-corrected chi connectivity index (χ1v) is 10.9. The Bertz CT molecular complexity index is 1120. The van der Waals surface area contributed by atoms with Gasteiger partial charge in [-0.3, -0.25) is 19.5 Å². The number of nitrogen functional groups attached to an aromatic ring is 1. The number of rotatable bonds is 7. The molecule has 1 saturated heterocycles. The summed E-state index contributed by atoms with van der Waals surface area (Å²) in [5.74, 6) is -0.00889. The summed E-state index contributed by atoms with van der Waals surface area (Å²) in [7, 11) is 1.64. The predicted molar refractivity (Wildman–Crippen MR) is 123 cm³/mol. The molecular weight excluding hydrogens is 408 g/mol. The Hall–Kier alpha value is -3.46. The van der Waals surface area contributed by atoms with E-state index in [4.69, 9.17) is 10.5 Å². The lowest BCUT2D eigenvalue weighted by molar-refractivity contribution is 0.0718. The summed E-state index contributed by atoms with van der Waals surface area (Å²) in [6.07, 6.45) is 3.89. The van der Waals surface area contributed by atoms with E-state index in [1.807, 2.05) is 9.47 Å². The number of methoxy groups -OCH3 is 1. The summed E-state index contributed by atoms with van der Waals surface area (Å²) in [6.45, 7) is 2.60. The number of aromatic nitrogens is 3. The van der Waals surface area contributed by atoms with Crippen molar-refractivity contribution in [2.45, 2.75) is 32.2 Å². The minimum atomic E-state index is -0.315. The minimum absolute atomic E-state index is 0.0680. The summed E-state index contributed by atoms with van der Waals surface area (Å²) in [6, 6.07) is 10.2. The molecule has 1 fully saturated rings. The fourth-order valence-corrected chi connectivity index (χ4v) is 3.91. The van der Waals surface area contributed by atoms with Crippen LogP contribution in [0.15, 0.2) is 36.4 Å². The number of fused-ring (bicyclic) bond motifs is 1. The fourth-order valence-electron chi connectivity index (χ4n) is 3.91. The fraction of sp³-hybridized carbons (Fsp3) is 0.391. The van der Waals surface area contributed by atoms with Crippen LogP contribution in [-0.4, -0.2) is 58.1 Å². The molecule has 9 nitrogen and oxygen atoms in total. The van der Waals surface area contributed by atoms with Crippen LogP contribution in [0.3, 0.4) is 0 Å². The SMILES string of the molecule is COCCCn1c(NC(=O)c2cccc(N)c2)nc2ccc(C(=O)N3CCCCC3)nc21. The van der Waals surface area contributed by atoms with Gasteiger partial charge in [0.2, 0.25) is 5.95 Å². The van der Waals surface area contributed by atoms with E-state index in [2.05, 4.69) is 15.3 Å². The lowest BCUT2D eigenvalue weighted by atomic mass is 10.1. The standard InChI is InChI=1S/C23H28N6O3/c1-32-14-6-13-29-20-18(9-10-19(25-20)22(31)28-11-3-2-4-12-28)26-23(29)27-21(30)16-7-5-8-17(24)15-16/h5,7-10,15H,2-4,6,11-14,24H2,1H3,(H,26,27,30). The van der Waals surface area contributed by atoms with Gasteiger partial charge >= 0.3 is 0 Å². The van der Waals surface area contributed by atoms with Gasteiger partial charge in [0.15, 0.2) is 5.65 Å². The zero-order valence-corrected chi connectivity index (χ0v) is 18.2. The number of ether oxygens (including phenoxy) is 1. The first kappa shape index (κ1) is 21.8. The van der Waals surface area contributed by atoms with E-state index in [1.165, 1.54) is 0 Å². The summed E-state index contributed by atoms with van der Waals surface area (Å²) in [5.41, 5.74) is 8.32. The van der Waals surface area contributed by atoms with Crippen LogP contribution in [0.5, 0.6) is 0 Å². The monoisotopic (exact) mass is 436 g/mol. The van der Waals surface area contributed by atoms with E-state index in [-0.39, 0.29) is 11.8 Å². The minimum Gasteiger partial charge on any atom is -0.399 e. The number of piperidine rings is 1. The van der Waals surface area contributed by atoms with Crippen LogP contribution in [0.25, 0.3) is 11.2 Å². The molecule has 1 aliphatic rings. The van der Waals surface area contributed by atoms with Crippen molar-refractivity contribution < 1.29 is 14.3 Å². The van der Waals surface area contributed by atoms with Crippen LogP contribution < -0.4 is 11.1 Å². The number of hydrogen-bond acceptors (Lipinski definition) is 6. The molecule has 2 amide bonds. The van der Waals surface area contributed by atoms with E-state index in [1.54, 1.807) is 43.5 Å². The van der Waals surface area contributed by atoms with E-state index in [0.29, 0.717) is 53.6 Å². The number of amides is 2. The van der Waals surface area contributed by atoms with Gasteiger partial charge in [-0.1, -0.05) is 6.07 Å². The highest BCUT2D eigenvalue weighted by atomic mass is 16.5. The molecule has 3 N–H and O–H groups in total. The van der Waals surface area contributed by atoms with Crippen LogP contribution in [-0.2, 0) is 11.3 Å². The molecule has 0 unspecified atom stereocenters. The van der Waals surface area contributed by atoms with Gasteiger partial charge < -0.3 is 15.4 Å². The molecule has 0 radical (unpaired) electrons. The second-order valence-electron chi connectivity index (χ2n) is 7.91. The Balaban J connectivity index is 1.66. The number of carbonyl (C=O) groups excluding carboxylic acids is 2. The third kappa shape index (κ3) is 4.72. The summed E-state index contributed by atoms with van der Waals surface area (Å²) in [4.78, 5) is 36.8. The number of hydrogen-bond donors (Lipinski definition) is 2. The first-order valence-electron chi connectivity index (χ1n) is 10.9. The van der Waals surface area contributed by atoms with Crippen LogP contribution in [0, 0.1) is 0 Å². The Kier molecular flexibility index (Phi) is 6.65. The maximum atomic E-state index is 12.9. The number of nitrogens with two attached hydrogens (primary N) is 1. The molecule has 0 spiro atoms. The van der Waals surface area contributed by atoms with E-state index >= 15 is 0 Å². The lowest BCUT2D eigenvalue weighted by Gasteiger charge is -2.26. The van der Waals surface area contributed by atoms with Crippen LogP contribution >= 0.6 is 0 Å². The predicted octanol–water partition coefficient (Wildman–Crippen LogP) is 2.93.